The average molecular weight is 324 g/mol. The highest BCUT2D eigenvalue weighted by Gasteiger charge is 2.15. The van der Waals surface area contributed by atoms with Gasteiger partial charge in [-0.1, -0.05) is 18.2 Å². The number of hydrogen-bond acceptors (Lipinski definition) is 2. The van der Waals surface area contributed by atoms with Crippen LogP contribution in [0.1, 0.15) is 33.8 Å². The standard InChI is InChI=1S/C14H14BrNOS/c1-9-5-3-6-11(13(9)15)14(17)16-10(2)12-7-4-8-18-12/h3-8,10H,1-2H3,(H,16,17). The van der Waals surface area contributed by atoms with E-state index in [1.165, 1.54) is 0 Å². The van der Waals surface area contributed by atoms with Crippen LogP contribution < -0.4 is 5.32 Å². The number of carbonyl (C=O) groups is 1. The van der Waals surface area contributed by atoms with Crippen molar-refractivity contribution in [1.82, 2.24) is 5.32 Å². The van der Waals surface area contributed by atoms with Crippen molar-refractivity contribution in [3.05, 3.63) is 56.2 Å². The van der Waals surface area contributed by atoms with Gasteiger partial charge in [0.25, 0.3) is 5.91 Å². The van der Waals surface area contributed by atoms with E-state index in [0.717, 1.165) is 14.9 Å². The van der Waals surface area contributed by atoms with E-state index >= 15 is 0 Å². The molecule has 0 radical (unpaired) electrons. The van der Waals surface area contributed by atoms with Crippen LogP contribution in [-0.4, -0.2) is 5.91 Å². The Kier molecular flexibility index (Phi) is 4.19. The maximum absolute atomic E-state index is 12.2. The van der Waals surface area contributed by atoms with E-state index in [-0.39, 0.29) is 11.9 Å². The second kappa shape index (κ2) is 5.67. The largest absolute Gasteiger partial charge is 0.345 e. The minimum absolute atomic E-state index is 0.0323. The van der Waals surface area contributed by atoms with E-state index in [4.69, 9.17) is 0 Å². The normalized spacial score (nSPS) is 12.2. The molecule has 0 bridgehead atoms. The van der Waals surface area contributed by atoms with Gasteiger partial charge >= 0.3 is 0 Å². The molecule has 0 aliphatic rings. The lowest BCUT2D eigenvalue weighted by atomic mass is 10.1. The Bertz CT molecular complexity index is 551. The number of hydrogen-bond donors (Lipinski definition) is 1. The van der Waals surface area contributed by atoms with Gasteiger partial charge in [-0.2, -0.15) is 0 Å². The maximum Gasteiger partial charge on any atom is 0.252 e. The zero-order valence-electron chi connectivity index (χ0n) is 10.2. The Morgan fingerprint density at radius 3 is 2.78 bits per heavy atom. The fourth-order valence-electron chi connectivity index (χ4n) is 1.71. The van der Waals surface area contributed by atoms with Crippen molar-refractivity contribution in [3.8, 4) is 0 Å². The van der Waals surface area contributed by atoms with Crippen LogP contribution in [0.2, 0.25) is 0 Å². The number of thiophene rings is 1. The summed E-state index contributed by atoms with van der Waals surface area (Å²) in [6.45, 7) is 3.97. The molecule has 1 N–H and O–H groups in total. The number of aryl methyl sites for hydroxylation is 1. The Hall–Kier alpha value is -1.13. The predicted molar refractivity (Wildman–Crippen MR) is 79.1 cm³/mol. The Morgan fingerprint density at radius 1 is 1.33 bits per heavy atom. The summed E-state index contributed by atoms with van der Waals surface area (Å²) in [5, 5.41) is 5.02. The number of halogens is 1. The highest BCUT2D eigenvalue weighted by atomic mass is 79.9. The molecule has 1 atom stereocenters. The lowest BCUT2D eigenvalue weighted by molar-refractivity contribution is 0.0939. The second-order valence-corrected chi connectivity index (χ2v) is 5.92. The van der Waals surface area contributed by atoms with Gasteiger partial charge in [0.15, 0.2) is 0 Å². The summed E-state index contributed by atoms with van der Waals surface area (Å²) in [4.78, 5) is 13.3. The van der Waals surface area contributed by atoms with Gasteiger partial charge in [-0.05, 0) is 52.9 Å². The van der Waals surface area contributed by atoms with Crippen molar-refractivity contribution in [3.63, 3.8) is 0 Å². The van der Waals surface area contributed by atoms with Gasteiger partial charge in [-0.15, -0.1) is 11.3 Å². The molecule has 1 unspecified atom stereocenters. The minimum Gasteiger partial charge on any atom is -0.345 e. The molecule has 0 saturated heterocycles. The van der Waals surface area contributed by atoms with Crippen LogP contribution in [0.3, 0.4) is 0 Å². The zero-order chi connectivity index (χ0) is 13.1. The third-order valence-electron chi connectivity index (χ3n) is 2.75. The molecule has 1 aromatic heterocycles. The van der Waals surface area contributed by atoms with Crippen molar-refractivity contribution >= 4 is 33.2 Å². The molecule has 0 aliphatic heterocycles. The molecule has 94 valence electrons. The van der Waals surface area contributed by atoms with Gasteiger partial charge in [-0.3, -0.25) is 4.79 Å². The highest BCUT2D eigenvalue weighted by Crippen LogP contribution is 2.23. The molecule has 1 heterocycles. The Morgan fingerprint density at radius 2 is 2.11 bits per heavy atom. The van der Waals surface area contributed by atoms with Crippen molar-refractivity contribution < 1.29 is 4.79 Å². The van der Waals surface area contributed by atoms with Crippen molar-refractivity contribution in [2.24, 2.45) is 0 Å². The number of amides is 1. The molecular formula is C14H14BrNOS. The van der Waals surface area contributed by atoms with E-state index in [1.807, 2.05) is 49.6 Å². The Balaban J connectivity index is 2.15. The van der Waals surface area contributed by atoms with Crippen molar-refractivity contribution in [2.45, 2.75) is 19.9 Å². The van der Waals surface area contributed by atoms with E-state index in [0.29, 0.717) is 5.56 Å². The van der Waals surface area contributed by atoms with Gasteiger partial charge in [0, 0.05) is 9.35 Å². The molecule has 1 amide bonds. The number of nitrogens with one attached hydrogen (secondary N) is 1. The van der Waals surface area contributed by atoms with Crippen LogP contribution in [0.15, 0.2) is 40.2 Å². The van der Waals surface area contributed by atoms with Gasteiger partial charge in [-0.25, -0.2) is 0 Å². The fourth-order valence-corrected chi connectivity index (χ4v) is 2.88. The monoisotopic (exact) mass is 323 g/mol. The quantitative estimate of drug-likeness (QED) is 0.895. The predicted octanol–water partition coefficient (Wildman–Crippen LogP) is 4.31. The van der Waals surface area contributed by atoms with Crippen LogP contribution in [-0.2, 0) is 0 Å². The summed E-state index contributed by atoms with van der Waals surface area (Å²) >= 11 is 5.11. The number of benzene rings is 1. The molecule has 2 rings (SSSR count). The molecule has 0 saturated carbocycles. The summed E-state index contributed by atoms with van der Waals surface area (Å²) in [6.07, 6.45) is 0. The molecule has 0 fully saturated rings. The number of rotatable bonds is 3. The van der Waals surface area contributed by atoms with Crippen LogP contribution >= 0.6 is 27.3 Å². The zero-order valence-corrected chi connectivity index (χ0v) is 12.6. The molecule has 4 heteroatoms. The first-order valence-corrected chi connectivity index (χ1v) is 7.36. The summed E-state index contributed by atoms with van der Waals surface area (Å²) < 4.78 is 0.862. The molecular weight excluding hydrogens is 310 g/mol. The molecule has 1 aromatic carbocycles. The maximum atomic E-state index is 12.2. The van der Waals surface area contributed by atoms with Crippen molar-refractivity contribution in [2.75, 3.05) is 0 Å². The number of carbonyl (C=O) groups excluding carboxylic acids is 1. The van der Waals surface area contributed by atoms with Gasteiger partial charge in [0.05, 0.1) is 11.6 Å². The topological polar surface area (TPSA) is 29.1 Å². The summed E-state index contributed by atoms with van der Waals surface area (Å²) in [7, 11) is 0. The molecule has 2 aromatic rings. The van der Waals surface area contributed by atoms with E-state index in [1.54, 1.807) is 11.3 Å². The van der Waals surface area contributed by atoms with Gasteiger partial charge in [0.2, 0.25) is 0 Å². The summed E-state index contributed by atoms with van der Waals surface area (Å²) in [5.74, 6) is -0.0496. The van der Waals surface area contributed by atoms with Gasteiger partial charge < -0.3 is 5.32 Å². The minimum atomic E-state index is -0.0496. The molecule has 2 nitrogen and oxygen atoms in total. The van der Waals surface area contributed by atoms with Gasteiger partial charge in [0.1, 0.15) is 0 Å². The van der Waals surface area contributed by atoms with E-state index in [9.17, 15) is 4.79 Å². The van der Waals surface area contributed by atoms with Crippen molar-refractivity contribution in [1.29, 1.82) is 0 Å². The highest BCUT2D eigenvalue weighted by molar-refractivity contribution is 9.10. The first kappa shape index (κ1) is 13.3. The summed E-state index contributed by atoms with van der Waals surface area (Å²) in [5.41, 5.74) is 1.74. The van der Waals surface area contributed by atoms with Crippen LogP contribution in [0.4, 0.5) is 0 Å². The van der Waals surface area contributed by atoms with Crippen LogP contribution in [0.5, 0.6) is 0 Å². The lowest BCUT2D eigenvalue weighted by Gasteiger charge is -2.13. The lowest BCUT2D eigenvalue weighted by Crippen LogP contribution is -2.26. The van der Waals surface area contributed by atoms with Crippen LogP contribution in [0.25, 0.3) is 0 Å². The fraction of sp³-hybridized carbons (Fsp3) is 0.214. The molecule has 0 aliphatic carbocycles. The summed E-state index contributed by atoms with van der Waals surface area (Å²) in [6, 6.07) is 9.75. The smallest absolute Gasteiger partial charge is 0.252 e. The van der Waals surface area contributed by atoms with E-state index in [2.05, 4.69) is 21.2 Å². The first-order valence-electron chi connectivity index (χ1n) is 5.69. The van der Waals surface area contributed by atoms with E-state index < -0.39 is 0 Å². The molecule has 18 heavy (non-hydrogen) atoms. The van der Waals surface area contributed by atoms with Crippen LogP contribution in [0, 0.1) is 6.92 Å². The second-order valence-electron chi connectivity index (χ2n) is 4.15. The SMILES string of the molecule is Cc1cccc(C(=O)NC(C)c2cccs2)c1Br. The third kappa shape index (κ3) is 2.82. The third-order valence-corrected chi connectivity index (χ3v) is 4.86. The first-order chi connectivity index (χ1) is 8.59. The molecule has 0 spiro atoms. The average Bonchev–Trinajstić information content (AvgIpc) is 2.86. The Labute approximate surface area is 119 Å².